The Hall–Kier alpha value is -1.42. The van der Waals surface area contributed by atoms with Crippen molar-refractivity contribution in [3.8, 4) is 0 Å². The van der Waals surface area contributed by atoms with Gasteiger partial charge in [-0.2, -0.15) is 0 Å². The van der Waals surface area contributed by atoms with Gasteiger partial charge in [0, 0.05) is 11.1 Å². The molecular formula is C11H13N3S. The fraction of sp³-hybridized carbons (Fsp3) is 0.273. The predicted octanol–water partition coefficient (Wildman–Crippen LogP) is 2.77. The first-order valence-corrected chi connectivity index (χ1v) is 5.65. The topological polar surface area (TPSA) is 37.8 Å². The Labute approximate surface area is 93.2 Å². The van der Waals surface area contributed by atoms with Gasteiger partial charge in [-0.1, -0.05) is 6.07 Å². The first-order chi connectivity index (χ1) is 7.25. The van der Waals surface area contributed by atoms with Gasteiger partial charge in [0.1, 0.15) is 5.82 Å². The van der Waals surface area contributed by atoms with Crippen LogP contribution >= 0.6 is 11.3 Å². The minimum Gasteiger partial charge on any atom is -0.364 e. The molecule has 0 aromatic carbocycles. The zero-order valence-electron chi connectivity index (χ0n) is 8.82. The van der Waals surface area contributed by atoms with Crippen LogP contribution in [0.4, 0.5) is 5.82 Å². The molecule has 0 aliphatic rings. The van der Waals surface area contributed by atoms with Crippen molar-refractivity contribution in [2.24, 2.45) is 0 Å². The third-order valence-electron chi connectivity index (χ3n) is 2.10. The van der Waals surface area contributed by atoms with E-state index in [-0.39, 0.29) is 0 Å². The average Bonchev–Trinajstić information content (AvgIpc) is 2.56. The lowest BCUT2D eigenvalue weighted by Gasteiger charge is -2.02. The second-order valence-electron chi connectivity index (χ2n) is 3.30. The molecule has 1 N–H and O–H groups in total. The van der Waals surface area contributed by atoms with E-state index in [0.717, 1.165) is 23.1 Å². The van der Waals surface area contributed by atoms with E-state index in [1.165, 1.54) is 4.88 Å². The van der Waals surface area contributed by atoms with E-state index in [2.05, 4.69) is 22.2 Å². The molecule has 0 spiro atoms. The number of hydrogen-bond donors (Lipinski definition) is 1. The number of aromatic nitrogens is 2. The van der Waals surface area contributed by atoms with E-state index < -0.39 is 0 Å². The van der Waals surface area contributed by atoms with Crippen LogP contribution in [0.25, 0.3) is 0 Å². The van der Waals surface area contributed by atoms with Crippen molar-refractivity contribution in [2.45, 2.75) is 20.4 Å². The molecule has 0 fully saturated rings. The highest BCUT2D eigenvalue weighted by atomic mass is 32.1. The Morgan fingerprint density at radius 1 is 1.33 bits per heavy atom. The van der Waals surface area contributed by atoms with Crippen LogP contribution in [-0.4, -0.2) is 9.97 Å². The lowest BCUT2D eigenvalue weighted by atomic mass is 10.3. The molecule has 78 valence electrons. The number of nitrogens with one attached hydrogen (secondary N) is 1. The van der Waals surface area contributed by atoms with Crippen molar-refractivity contribution in [3.05, 3.63) is 40.0 Å². The zero-order chi connectivity index (χ0) is 10.7. The third kappa shape index (κ3) is 2.53. The maximum absolute atomic E-state index is 4.45. The van der Waals surface area contributed by atoms with Gasteiger partial charge in [-0.3, -0.25) is 0 Å². The summed E-state index contributed by atoms with van der Waals surface area (Å²) in [5.74, 6) is 0.891. The molecule has 3 nitrogen and oxygen atoms in total. The summed E-state index contributed by atoms with van der Waals surface area (Å²) in [6.07, 6.45) is 1.78. The Morgan fingerprint density at radius 2 is 2.20 bits per heavy atom. The van der Waals surface area contributed by atoms with E-state index >= 15 is 0 Å². The van der Waals surface area contributed by atoms with Crippen molar-refractivity contribution in [3.63, 3.8) is 0 Å². The smallest absolute Gasteiger partial charge is 0.126 e. The first-order valence-electron chi connectivity index (χ1n) is 4.83. The molecule has 0 saturated heterocycles. The monoisotopic (exact) mass is 219 g/mol. The quantitative estimate of drug-likeness (QED) is 0.862. The van der Waals surface area contributed by atoms with Gasteiger partial charge < -0.3 is 5.32 Å². The highest BCUT2D eigenvalue weighted by molar-refractivity contribution is 7.11. The summed E-state index contributed by atoms with van der Waals surface area (Å²) in [5.41, 5.74) is 1.11. The number of thiazole rings is 1. The van der Waals surface area contributed by atoms with Crippen LogP contribution in [0.2, 0.25) is 0 Å². The molecule has 0 bridgehead atoms. The van der Waals surface area contributed by atoms with Crippen LogP contribution in [0.3, 0.4) is 0 Å². The third-order valence-corrected chi connectivity index (χ3v) is 3.03. The van der Waals surface area contributed by atoms with Gasteiger partial charge in [-0.05, 0) is 26.0 Å². The van der Waals surface area contributed by atoms with Gasteiger partial charge in [0.05, 0.1) is 17.2 Å². The van der Waals surface area contributed by atoms with Gasteiger partial charge in [0.15, 0.2) is 0 Å². The van der Waals surface area contributed by atoms with Crippen molar-refractivity contribution < 1.29 is 0 Å². The maximum Gasteiger partial charge on any atom is 0.126 e. The summed E-state index contributed by atoms with van der Waals surface area (Å²) >= 11 is 1.73. The molecule has 15 heavy (non-hydrogen) atoms. The SMILES string of the molecule is Cc1nc(CNc2ccccn2)c(C)s1. The van der Waals surface area contributed by atoms with E-state index in [9.17, 15) is 0 Å². The van der Waals surface area contributed by atoms with Crippen molar-refractivity contribution in [1.29, 1.82) is 0 Å². The lowest BCUT2D eigenvalue weighted by molar-refractivity contribution is 1.02. The summed E-state index contributed by atoms with van der Waals surface area (Å²) in [6.45, 7) is 4.87. The Bertz CT molecular complexity index is 436. The molecule has 2 aromatic heterocycles. The van der Waals surface area contributed by atoms with Crippen molar-refractivity contribution >= 4 is 17.2 Å². The van der Waals surface area contributed by atoms with E-state index in [4.69, 9.17) is 0 Å². The molecule has 2 aromatic rings. The summed E-state index contributed by atoms with van der Waals surface area (Å²) in [6, 6.07) is 5.83. The van der Waals surface area contributed by atoms with Crippen LogP contribution < -0.4 is 5.32 Å². The molecule has 0 amide bonds. The number of hydrogen-bond acceptors (Lipinski definition) is 4. The zero-order valence-corrected chi connectivity index (χ0v) is 9.64. The highest BCUT2D eigenvalue weighted by Crippen LogP contribution is 2.17. The van der Waals surface area contributed by atoms with Crippen molar-refractivity contribution in [2.75, 3.05) is 5.32 Å². The van der Waals surface area contributed by atoms with Crippen LogP contribution in [0, 0.1) is 13.8 Å². The standard InChI is InChI=1S/C11H13N3S/c1-8-10(14-9(2)15-8)7-13-11-5-3-4-6-12-11/h3-6H,7H2,1-2H3,(H,12,13). The molecule has 2 rings (SSSR count). The van der Waals surface area contributed by atoms with Gasteiger partial charge in [-0.25, -0.2) is 9.97 Å². The minimum absolute atomic E-state index is 0.743. The summed E-state index contributed by atoms with van der Waals surface area (Å²) in [4.78, 5) is 9.92. The largest absolute Gasteiger partial charge is 0.364 e. The Morgan fingerprint density at radius 3 is 2.80 bits per heavy atom. The van der Waals surface area contributed by atoms with Crippen LogP contribution in [0.1, 0.15) is 15.6 Å². The van der Waals surface area contributed by atoms with Gasteiger partial charge in [0.2, 0.25) is 0 Å². The average molecular weight is 219 g/mol. The van der Waals surface area contributed by atoms with E-state index in [1.54, 1.807) is 17.5 Å². The number of pyridine rings is 1. The second kappa shape index (κ2) is 4.40. The fourth-order valence-corrected chi connectivity index (χ4v) is 2.21. The van der Waals surface area contributed by atoms with E-state index in [1.807, 2.05) is 25.1 Å². The maximum atomic E-state index is 4.45. The first kappa shape index (κ1) is 10.1. The Kier molecular flexibility index (Phi) is 2.97. The summed E-state index contributed by atoms with van der Waals surface area (Å²) in [7, 11) is 0. The van der Waals surface area contributed by atoms with Gasteiger partial charge in [-0.15, -0.1) is 11.3 Å². The fourth-order valence-electron chi connectivity index (χ4n) is 1.38. The molecule has 4 heteroatoms. The molecule has 2 heterocycles. The van der Waals surface area contributed by atoms with Gasteiger partial charge in [0.25, 0.3) is 0 Å². The molecule has 0 unspecified atom stereocenters. The molecular weight excluding hydrogens is 206 g/mol. The number of anilines is 1. The summed E-state index contributed by atoms with van der Waals surface area (Å²) in [5, 5.41) is 4.36. The lowest BCUT2D eigenvalue weighted by Crippen LogP contribution is -2.02. The second-order valence-corrected chi connectivity index (χ2v) is 4.71. The summed E-state index contributed by atoms with van der Waals surface area (Å²) < 4.78 is 0. The minimum atomic E-state index is 0.743. The molecule has 0 radical (unpaired) electrons. The number of rotatable bonds is 3. The van der Waals surface area contributed by atoms with Crippen LogP contribution in [0.15, 0.2) is 24.4 Å². The normalized spacial score (nSPS) is 10.3. The number of aryl methyl sites for hydroxylation is 2. The molecule has 0 atom stereocenters. The molecule has 0 aliphatic heterocycles. The number of nitrogens with zero attached hydrogens (tertiary/aromatic N) is 2. The van der Waals surface area contributed by atoms with Gasteiger partial charge >= 0.3 is 0 Å². The van der Waals surface area contributed by atoms with E-state index in [0.29, 0.717) is 0 Å². The van der Waals surface area contributed by atoms with Crippen LogP contribution in [-0.2, 0) is 6.54 Å². The Balaban J connectivity index is 2.02. The highest BCUT2D eigenvalue weighted by Gasteiger charge is 2.03. The molecule has 0 saturated carbocycles. The van der Waals surface area contributed by atoms with Crippen LogP contribution in [0.5, 0.6) is 0 Å². The predicted molar refractivity (Wildman–Crippen MR) is 63.2 cm³/mol. The molecule has 0 aliphatic carbocycles. The van der Waals surface area contributed by atoms with Crippen molar-refractivity contribution in [1.82, 2.24) is 9.97 Å².